The molecule has 5 heteroatoms. The van der Waals surface area contributed by atoms with Crippen molar-refractivity contribution in [2.75, 3.05) is 18.0 Å². The van der Waals surface area contributed by atoms with Gasteiger partial charge >= 0.3 is 5.97 Å². The molecule has 0 amide bonds. The van der Waals surface area contributed by atoms with Gasteiger partial charge in [0.2, 0.25) is 0 Å². The van der Waals surface area contributed by atoms with Crippen molar-refractivity contribution in [1.82, 2.24) is 4.98 Å². The van der Waals surface area contributed by atoms with Gasteiger partial charge in [-0.15, -0.1) is 0 Å². The molecule has 0 saturated carbocycles. The number of pyridine rings is 1. The van der Waals surface area contributed by atoms with Crippen molar-refractivity contribution in [1.29, 1.82) is 0 Å². The second-order valence-corrected chi connectivity index (χ2v) is 5.51. The van der Waals surface area contributed by atoms with E-state index in [2.05, 4.69) is 32.5 Å². The van der Waals surface area contributed by atoms with E-state index in [1.807, 2.05) is 12.1 Å². The first-order valence-corrected chi connectivity index (χ1v) is 6.20. The Morgan fingerprint density at radius 1 is 1.69 bits per heavy atom. The summed E-state index contributed by atoms with van der Waals surface area (Å²) in [5.41, 5.74) is -0.638. The summed E-state index contributed by atoms with van der Waals surface area (Å²) in [4.78, 5) is 17.5. The lowest BCUT2D eigenvalue weighted by Gasteiger charge is -2.21. The monoisotopic (exact) mass is 332 g/mol. The second kappa shape index (κ2) is 4.20. The highest BCUT2D eigenvalue weighted by atomic mass is 127. The number of aromatic nitrogens is 1. The normalized spacial score (nSPS) is 24.8. The highest BCUT2D eigenvalue weighted by Crippen LogP contribution is 2.34. The minimum absolute atomic E-state index is 0.537. The van der Waals surface area contributed by atoms with Crippen LogP contribution in [0.2, 0.25) is 0 Å². The minimum Gasteiger partial charge on any atom is -0.481 e. The van der Waals surface area contributed by atoms with E-state index in [9.17, 15) is 4.79 Å². The molecule has 1 N–H and O–H groups in total. The third-order valence-corrected chi connectivity index (χ3v) is 3.87. The van der Waals surface area contributed by atoms with Gasteiger partial charge in [0.05, 0.1) is 8.99 Å². The third kappa shape index (κ3) is 2.00. The lowest BCUT2D eigenvalue weighted by atomic mass is 9.90. The molecule has 1 atom stereocenters. The molecule has 0 spiro atoms. The van der Waals surface area contributed by atoms with Gasteiger partial charge in [-0.05, 0) is 48.1 Å². The Morgan fingerprint density at radius 2 is 2.44 bits per heavy atom. The van der Waals surface area contributed by atoms with Crippen molar-refractivity contribution >= 4 is 34.4 Å². The first kappa shape index (κ1) is 11.6. The van der Waals surface area contributed by atoms with E-state index >= 15 is 0 Å². The van der Waals surface area contributed by atoms with Crippen LogP contribution in [0.4, 0.5) is 5.82 Å². The average molecular weight is 332 g/mol. The molecule has 16 heavy (non-hydrogen) atoms. The number of anilines is 1. The number of aliphatic carboxylic acids is 1. The zero-order valence-electron chi connectivity index (χ0n) is 8.98. The lowest BCUT2D eigenvalue weighted by Crippen LogP contribution is -2.32. The molecule has 1 unspecified atom stereocenters. The van der Waals surface area contributed by atoms with E-state index in [0.29, 0.717) is 13.0 Å². The Balaban J connectivity index is 2.22. The number of carbonyl (C=O) groups is 1. The Kier molecular flexibility index (Phi) is 3.05. The molecule has 1 aromatic heterocycles. The Bertz CT molecular complexity index is 424. The van der Waals surface area contributed by atoms with E-state index in [1.54, 1.807) is 13.1 Å². The summed E-state index contributed by atoms with van der Waals surface area (Å²) in [5.74, 6) is 0.175. The number of hydrogen-bond donors (Lipinski definition) is 1. The van der Waals surface area contributed by atoms with Gasteiger partial charge in [-0.1, -0.05) is 0 Å². The summed E-state index contributed by atoms with van der Waals surface area (Å²) in [7, 11) is 0. The van der Waals surface area contributed by atoms with Crippen molar-refractivity contribution in [3.8, 4) is 0 Å². The summed E-state index contributed by atoms with van der Waals surface area (Å²) in [6.07, 6.45) is 2.42. The molecule has 4 nitrogen and oxygen atoms in total. The van der Waals surface area contributed by atoms with Gasteiger partial charge in [0.15, 0.2) is 0 Å². The molecule has 0 aromatic carbocycles. The summed E-state index contributed by atoms with van der Waals surface area (Å²) in [5, 5.41) is 9.16. The molecule has 86 valence electrons. The van der Waals surface area contributed by atoms with Crippen LogP contribution in [-0.2, 0) is 4.79 Å². The fourth-order valence-electron chi connectivity index (χ4n) is 1.93. The fraction of sp³-hybridized carbons (Fsp3) is 0.455. The summed E-state index contributed by atoms with van der Waals surface area (Å²) in [6, 6.07) is 3.87. The van der Waals surface area contributed by atoms with Gasteiger partial charge in [-0.25, -0.2) is 4.98 Å². The van der Waals surface area contributed by atoms with Gasteiger partial charge in [0, 0.05) is 19.3 Å². The third-order valence-electron chi connectivity index (χ3n) is 3.03. The molecule has 1 aliphatic heterocycles. The Labute approximate surface area is 108 Å². The molecule has 1 fully saturated rings. The Morgan fingerprint density at radius 3 is 3.00 bits per heavy atom. The average Bonchev–Trinajstić information content (AvgIpc) is 2.63. The lowest BCUT2D eigenvalue weighted by molar-refractivity contribution is -0.146. The topological polar surface area (TPSA) is 53.4 Å². The molecule has 2 heterocycles. The van der Waals surface area contributed by atoms with Gasteiger partial charge < -0.3 is 10.0 Å². The highest BCUT2D eigenvalue weighted by molar-refractivity contribution is 14.1. The maximum atomic E-state index is 11.1. The standard InChI is InChI=1S/C11H13IN2O2/c1-11(10(15)16)4-6-14(7-11)9-8(12)3-2-5-13-9/h2-3,5H,4,6-7H2,1H3,(H,15,16). The summed E-state index contributed by atoms with van der Waals surface area (Å²) >= 11 is 2.23. The van der Waals surface area contributed by atoms with Crippen LogP contribution in [0.25, 0.3) is 0 Å². The summed E-state index contributed by atoms with van der Waals surface area (Å²) in [6.45, 7) is 3.09. The minimum atomic E-state index is -0.721. The van der Waals surface area contributed by atoms with E-state index < -0.39 is 11.4 Å². The van der Waals surface area contributed by atoms with Gasteiger partial charge in [0.25, 0.3) is 0 Å². The predicted octanol–water partition coefficient (Wildman–Crippen LogP) is 1.99. The van der Waals surface area contributed by atoms with Gasteiger partial charge in [0.1, 0.15) is 5.82 Å². The van der Waals surface area contributed by atoms with Crippen molar-refractivity contribution in [3.63, 3.8) is 0 Å². The quantitative estimate of drug-likeness (QED) is 0.842. The van der Waals surface area contributed by atoms with E-state index in [0.717, 1.165) is 15.9 Å². The highest BCUT2D eigenvalue weighted by Gasteiger charge is 2.41. The van der Waals surface area contributed by atoms with Crippen LogP contribution in [0.15, 0.2) is 18.3 Å². The smallest absolute Gasteiger partial charge is 0.311 e. The van der Waals surface area contributed by atoms with Gasteiger partial charge in [-0.2, -0.15) is 0 Å². The molecular formula is C11H13IN2O2. The molecule has 2 rings (SSSR count). The van der Waals surface area contributed by atoms with Crippen LogP contribution in [0.3, 0.4) is 0 Å². The van der Waals surface area contributed by atoms with Crippen molar-refractivity contribution in [2.24, 2.45) is 5.41 Å². The maximum absolute atomic E-state index is 11.1. The van der Waals surface area contributed by atoms with Crippen molar-refractivity contribution in [2.45, 2.75) is 13.3 Å². The maximum Gasteiger partial charge on any atom is 0.311 e. The van der Waals surface area contributed by atoms with Crippen LogP contribution in [0.1, 0.15) is 13.3 Å². The number of nitrogens with zero attached hydrogens (tertiary/aromatic N) is 2. The molecule has 0 aliphatic carbocycles. The fourth-order valence-corrected chi connectivity index (χ4v) is 2.61. The van der Waals surface area contributed by atoms with Crippen molar-refractivity contribution in [3.05, 3.63) is 21.9 Å². The number of carboxylic acid groups (broad SMARTS) is 1. The van der Waals surface area contributed by atoms with Crippen molar-refractivity contribution < 1.29 is 9.90 Å². The predicted molar refractivity (Wildman–Crippen MR) is 69.5 cm³/mol. The molecular weight excluding hydrogens is 319 g/mol. The Hall–Kier alpha value is -0.850. The van der Waals surface area contributed by atoms with E-state index in [-0.39, 0.29) is 0 Å². The van der Waals surface area contributed by atoms with Crippen LogP contribution in [0, 0.1) is 8.99 Å². The largest absolute Gasteiger partial charge is 0.481 e. The van der Waals surface area contributed by atoms with E-state index in [4.69, 9.17) is 5.11 Å². The number of carboxylic acids is 1. The molecule has 1 saturated heterocycles. The summed E-state index contributed by atoms with van der Waals surface area (Å²) < 4.78 is 1.06. The second-order valence-electron chi connectivity index (χ2n) is 4.35. The SMILES string of the molecule is CC1(C(=O)O)CCN(c2ncccc2I)C1. The zero-order valence-corrected chi connectivity index (χ0v) is 11.1. The van der Waals surface area contributed by atoms with Crippen LogP contribution >= 0.6 is 22.6 Å². The van der Waals surface area contributed by atoms with Crippen LogP contribution in [-0.4, -0.2) is 29.1 Å². The molecule has 1 aromatic rings. The molecule has 1 aliphatic rings. The van der Waals surface area contributed by atoms with Gasteiger partial charge in [-0.3, -0.25) is 4.79 Å². The number of hydrogen-bond acceptors (Lipinski definition) is 3. The number of halogens is 1. The van der Waals surface area contributed by atoms with Crippen LogP contribution in [0.5, 0.6) is 0 Å². The van der Waals surface area contributed by atoms with E-state index in [1.165, 1.54) is 0 Å². The molecule has 0 radical (unpaired) electrons. The molecule has 0 bridgehead atoms. The van der Waals surface area contributed by atoms with Crippen LogP contribution < -0.4 is 4.90 Å². The number of rotatable bonds is 2. The first-order chi connectivity index (χ1) is 7.53. The first-order valence-electron chi connectivity index (χ1n) is 5.12. The zero-order chi connectivity index (χ0) is 11.8.